The average molecular weight is 417 g/mol. The summed E-state index contributed by atoms with van der Waals surface area (Å²) in [4.78, 5) is 18.5. The van der Waals surface area contributed by atoms with Gasteiger partial charge in [0.1, 0.15) is 11.9 Å². The maximum Gasteiger partial charge on any atom is 0.142 e. The maximum absolute atomic E-state index is 12.7. The number of oxime groups is 1. The average Bonchev–Trinajstić information content (AvgIpc) is 3.25. The smallest absolute Gasteiger partial charge is 0.142 e. The molecule has 5 saturated carbocycles. The molecule has 0 aromatic rings. The zero-order valence-electron chi connectivity index (χ0n) is 19.0. The molecule has 0 aromatic carbocycles. The fraction of sp³-hybridized carbons (Fsp3) is 0.920. The Hall–Kier alpha value is -0.940. The lowest BCUT2D eigenvalue weighted by atomic mass is 9.41. The van der Waals surface area contributed by atoms with Crippen LogP contribution >= 0.6 is 0 Å². The predicted molar refractivity (Wildman–Crippen MR) is 117 cm³/mol. The number of aliphatic hydroxyl groups is 1. The quantitative estimate of drug-likeness (QED) is 0.660. The topological polar surface area (TPSA) is 84.9 Å². The third-order valence-corrected chi connectivity index (χ3v) is 10.6. The van der Waals surface area contributed by atoms with E-state index in [1.165, 1.54) is 0 Å². The van der Waals surface area contributed by atoms with Crippen molar-refractivity contribution in [2.75, 3.05) is 0 Å². The fourth-order valence-corrected chi connectivity index (χ4v) is 8.55. The van der Waals surface area contributed by atoms with E-state index in [1.54, 1.807) is 0 Å². The first-order valence-corrected chi connectivity index (χ1v) is 12.4. The summed E-state index contributed by atoms with van der Waals surface area (Å²) in [5.41, 5.74) is 6.20. The molecule has 5 nitrogen and oxygen atoms in total. The highest BCUT2D eigenvalue weighted by atomic mass is 16.6. The van der Waals surface area contributed by atoms with Crippen LogP contribution in [0.3, 0.4) is 0 Å². The Bertz CT molecular complexity index is 753. The molecule has 0 amide bonds. The molecule has 5 fully saturated rings. The summed E-state index contributed by atoms with van der Waals surface area (Å²) in [5, 5.41) is 16.6. The van der Waals surface area contributed by atoms with Gasteiger partial charge in [0.15, 0.2) is 0 Å². The van der Waals surface area contributed by atoms with Gasteiger partial charge in [0.25, 0.3) is 0 Å². The van der Waals surface area contributed by atoms with E-state index in [4.69, 9.17) is 10.6 Å². The minimum Gasteiger partial charge on any atom is -0.391 e. The lowest BCUT2D eigenvalue weighted by Gasteiger charge is -2.65. The molecule has 0 spiro atoms. The van der Waals surface area contributed by atoms with E-state index in [9.17, 15) is 9.90 Å². The van der Waals surface area contributed by atoms with Crippen LogP contribution in [-0.2, 0) is 9.63 Å². The van der Waals surface area contributed by atoms with Crippen molar-refractivity contribution in [1.82, 2.24) is 0 Å². The molecule has 5 aliphatic carbocycles. The highest BCUT2D eigenvalue weighted by molar-refractivity contribution is 5.87. The number of hydrogen-bond donors (Lipinski definition) is 2. The molecule has 168 valence electrons. The first kappa shape index (κ1) is 20.9. The van der Waals surface area contributed by atoms with Crippen molar-refractivity contribution in [2.45, 2.75) is 109 Å². The van der Waals surface area contributed by atoms with Crippen molar-refractivity contribution >= 4 is 11.5 Å². The molecule has 0 aromatic heterocycles. The van der Waals surface area contributed by atoms with E-state index >= 15 is 0 Å². The van der Waals surface area contributed by atoms with Gasteiger partial charge in [0.05, 0.1) is 11.3 Å². The van der Waals surface area contributed by atoms with Gasteiger partial charge in [-0.05, 0) is 81.5 Å². The number of fused-ring (bicyclic) bond motifs is 5. The molecule has 5 aliphatic rings. The molecule has 3 N–H and O–H groups in total. The van der Waals surface area contributed by atoms with Gasteiger partial charge >= 0.3 is 0 Å². The van der Waals surface area contributed by atoms with E-state index in [2.05, 4.69) is 25.9 Å². The Balaban J connectivity index is 1.38. The van der Waals surface area contributed by atoms with Crippen LogP contribution in [0.5, 0.6) is 0 Å². The minimum atomic E-state index is -0.733. The summed E-state index contributed by atoms with van der Waals surface area (Å²) in [5.74, 6) is 2.29. The van der Waals surface area contributed by atoms with Crippen molar-refractivity contribution < 1.29 is 14.7 Å². The van der Waals surface area contributed by atoms with E-state index in [0.29, 0.717) is 30.0 Å². The summed E-state index contributed by atoms with van der Waals surface area (Å²) >= 11 is 0. The highest BCUT2D eigenvalue weighted by Gasteiger charge is 2.66. The Morgan fingerprint density at radius 1 is 1.10 bits per heavy atom. The Morgan fingerprint density at radius 2 is 1.90 bits per heavy atom. The van der Waals surface area contributed by atoms with Gasteiger partial charge in [-0.2, -0.15) is 0 Å². The van der Waals surface area contributed by atoms with Gasteiger partial charge in [-0.15, -0.1) is 0 Å². The van der Waals surface area contributed by atoms with E-state index in [-0.39, 0.29) is 28.9 Å². The first-order chi connectivity index (χ1) is 14.2. The lowest BCUT2D eigenvalue weighted by Crippen LogP contribution is -2.65. The molecule has 5 heteroatoms. The summed E-state index contributed by atoms with van der Waals surface area (Å²) in [6, 6.07) is 0.0892. The SMILES string of the molecule is C[C@H]1C[C@H]2[C@@H]3CCC(=O)[C@@]3(C)CC[C@@H]2[C@@]2(C)CC/C(=N/OC3CCCC3N)C[C@]12O. The molecular weight excluding hydrogens is 376 g/mol. The monoisotopic (exact) mass is 416 g/mol. The third kappa shape index (κ3) is 2.80. The molecular formula is C25H40N2O3. The Labute approximate surface area is 181 Å². The number of nitrogens with zero attached hydrogens (tertiary/aromatic N) is 1. The summed E-state index contributed by atoms with van der Waals surface area (Å²) < 4.78 is 0. The van der Waals surface area contributed by atoms with Crippen molar-refractivity contribution in [3.05, 3.63) is 0 Å². The maximum atomic E-state index is 12.7. The van der Waals surface area contributed by atoms with Crippen LogP contribution < -0.4 is 5.73 Å². The molecule has 0 saturated heterocycles. The predicted octanol–water partition coefficient (Wildman–Crippen LogP) is 4.21. The number of hydrogen-bond acceptors (Lipinski definition) is 5. The molecule has 0 bridgehead atoms. The van der Waals surface area contributed by atoms with Crippen LogP contribution in [0.4, 0.5) is 0 Å². The molecule has 0 radical (unpaired) electrons. The number of rotatable bonds is 2. The van der Waals surface area contributed by atoms with Gasteiger partial charge in [0, 0.05) is 29.7 Å². The van der Waals surface area contributed by atoms with Crippen molar-refractivity contribution in [3.63, 3.8) is 0 Å². The molecule has 30 heavy (non-hydrogen) atoms. The van der Waals surface area contributed by atoms with Crippen LogP contribution in [-0.4, -0.2) is 34.3 Å². The number of Topliss-reactive ketones (excluding diaryl/α,β-unsaturated/α-hetero) is 1. The van der Waals surface area contributed by atoms with Crippen LogP contribution in [0.15, 0.2) is 5.16 Å². The van der Waals surface area contributed by atoms with E-state index in [1.807, 2.05) is 0 Å². The lowest BCUT2D eigenvalue weighted by molar-refractivity contribution is -0.214. The summed E-state index contributed by atoms with van der Waals surface area (Å²) in [6.45, 7) is 6.80. The largest absolute Gasteiger partial charge is 0.391 e. The second-order valence-corrected chi connectivity index (χ2v) is 11.8. The van der Waals surface area contributed by atoms with E-state index in [0.717, 1.165) is 69.9 Å². The summed E-state index contributed by atoms with van der Waals surface area (Å²) in [6.07, 6.45) is 10.6. The number of carbonyl (C=O) groups excluding carboxylic acids is 1. The molecule has 9 atom stereocenters. The number of ketones is 1. The van der Waals surface area contributed by atoms with Crippen molar-refractivity contribution in [2.24, 2.45) is 45.4 Å². The zero-order chi connectivity index (χ0) is 21.3. The Morgan fingerprint density at radius 3 is 2.63 bits per heavy atom. The Kier molecular flexibility index (Phi) is 4.91. The molecule has 5 rings (SSSR count). The third-order valence-electron chi connectivity index (χ3n) is 10.6. The minimum absolute atomic E-state index is 0.0320. The van der Waals surface area contributed by atoms with Gasteiger partial charge in [-0.25, -0.2) is 0 Å². The van der Waals surface area contributed by atoms with Crippen LogP contribution in [0.2, 0.25) is 0 Å². The van der Waals surface area contributed by atoms with Crippen LogP contribution in [0.1, 0.15) is 91.4 Å². The molecule has 0 heterocycles. The number of carbonyl (C=O) groups is 1. The number of nitrogens with two attached hydrogens (primary N) is 1. The first-order valence-electron chi connectivity index (χ1n) is 12.4. The standard InChI is InChI=1S/C25H40N2O3/c1-15-13-17-18-7-8-22(28)23(18,2)11-10-19(17)24(3)12-9-16(14-25(15,24)29)27-30-21-6-4-5-20(21)26/h15,17-21,29H,4-14,26H2,1-3H3/b27-16-/t15-,17-,18-,19-,20?,21?,23-,24+,25-/m0/s1. The van der Waals surface area contributed by atoms with Crippen LogP contribution in [0, 0.1) is 34.5 Å². The fourth-order valence-electron chi connectivity index (χ4n) is 8.55. The zero-order valence-corrected chi connectivity index (χ0v) is 19.0. The summed E-state index contributed by atoms with van der Waals surface area (Å²) in [7, 11) is 0. The van der Waals surface area contributed by atoms with Gasteiger partial charge in [-0.3, -0.25) is 4.79 Å². The van der Waals surface area contributed by atoms with Crippen LogP contribution in [0.25, 0.3) is 0 Å². The second kappa shape index (κ2) is 7.03. The molecule has 0 aliphatic heterocycles. The molecule has 2 unspecified atom stereocenters. The van der Waals surface area contributed by atoms with Crippen molar-refractivity contribution in [3.8, 4) is 0 Å². The van der Waals surface area contributed by atoms with Gasteiger partial charge in [0.2, 0.25) is 0 Å². The second-order valence-electron chi connectivity index (χ2n) is 11.8. The van der Waals surface area contributed by atoms with Crippen molar-refractivity contribution in [1.29, 1.82) is 0 Å². The van der Waals surface area contributed by atoms with E-state index < -0.39 is 5.60 Å². The van der Waals surface area contributed by atoms with Gasteiger partial charge < -0.3 is 15.7 Å². The highest BCUT2D eigenvalue weighted by Crippen LogP contribution is 2.67. The normalized spacial score (nSPS) is 54.6. The van der Waals surface area contributed by atoms with Gasteiger partial charge in [-0.1, -0.05) is 25.9 Å².